The van der Waals surface area contributed by atoms with E-state index in [4.69, 9.17) is 10.5 Å². The van der Waals surface area contributed by atoms with Gasteiger partial charge in [-0.05, 0) is 49.2 Å². The van der Waals surface area contributed by atoms with Gasteiger partial charge in [-0.2, -0.15) is 0 Å². The fourth-order valence-corrected chi connectivity index (χ4v) is 2.05. The summed E-state index contributed by atoms with van der Waals surface area (Å²) < 4.78 is 5.76. The number of ether oxygens (including phenoxy) is 1. The molecule has 1 heterocycles. The van der Waals surface area contributed by atoms with Gasteiger partial charge >= 0.3 is 0 Å². The molecule has 0 spiro atoms. The van der Waals surface area contributed by atoms with E-state index in [1.54, 1.807) is 18.5 Å². The standard InChI is InChI=1S/C17H21N3O2.ClH/c1-3-5-15(18)17(21)20-13-7-8-16(12(2)10-13)22-14-6-4-9-19-11-14;/h4,6-11,15H,3,5,18H2,1-2H3,(H,20,21);1H. The first-order valence-corrected chi connectivity index (χ1v) is 7.35. The molecular weight excluding hydrogens is 314 g/mol. The van der Waals surface area contributed by atoms with Crippen LogP contribution < -0.4 is 15.8 Å². The summed E-state index contributed by atoms with van der Waals surface area (Å²) in [6.45, 7) is 3.93. The smallest absolute Gasteiger partial charge is 0.241 e. The third kappa shape index (κ3) is 5.54. The number of nitrogens with one attached hydrogen (secondary N) is 1. The topological polar surface area (TPSA) is 77.2 Å². The van der Waals surface area contributed by atoms with Crippen LogP contribution in [0.15, 0.2) is 42.7 Å². The number of aromatic nitrogens is 1. The van der Waals surface area contributed by atoms with Gasteiger partial charge in [-0.25, -0.2) is 0 Å². The van der Waals surface area contributed by atoms with E-state index in [0.717, 1.165) is 17.7 Å². The first-order valence-electron chi connectivity index (χ1n) is 7.35. The molecule has 5 nitrogen and oxygen atoms in total. The number of rotatable bonds is 6. The number of benzene rings is 1. The van der Waals surface area contributed by atoms with Crippen LogP contribution in [0.4, 0.5) is 5.69 Å². The monoisotopic (exact) mass is 335 g/mol. The van der Waals surface area contributed by atoms with Crippen LogP contribution in [0, 0.1) is 6.92 Å². The summed E-state index contributed by atoms with van der Waals surface area (Å²) in [5.41, 5.74) is 7.44. The molecule has 124 valence electrons. The summed E-state index contributed by atoms with van der Waals surface area (Å²) in [7, 11) is 0. The van der Waals surface area contributed by atoms with Crippen LogP contribution in [-0.2, 0) is 4.79 Å². The number of pyridine rings is 1. The number of carbonyl (C=O) groups is 1. The van der Waals surface area contributed by atoms with E-state index in [1.807, 2.05) is 38.1 Å². The maximum Gasteiger partial charge on any atom is 0.241 e. The summed E-state index contributed by atoms with van der Waals surface area (Å²) in [4.78, 5) is 15.9. The van der Waals surface area contributed by atoms with Crippen molar-refractivity contribution in [2.45, 2.75) is 32.7 Å². The Bertz CT molecular complexity index is 635. The zero-order valence-corrected chi connectivity index (χ0v) is 14.1. The van der Waals surface area contributed by atoms with E-state index in [1.165, 1.54) is 0 Å². The molecule has 0 fully saturated rings. The summed E-state index contributed by atoms with van der Waals surface area (Å²) in [6.07, 6.45) is 4.90. The predicted octanol–water partition coefficient (Wildman–Crippen LogP) is 3.67. The van der Waals surface area contributed by atoms with Crippen molar-refractivity contribution in [3.8, 4) is 11.5 Å². The molecule has 23 heavy (non-hydrogen) atoms. The normalized spacial score (nSPS) is 11.3. The molecule has 1 aromatic carbocycles. The Kier molecular flexibility index (Phi) is 7.51. The molecular formula is C17H22ClN3O2. The van der Waals surface area contributed by atoms with Gasteiger partial charge in [0.2, 0.25) is 5.91 Å². The number of anilines is 1. The first-order chi connectivity index (χ1) is 10.6. The Morgan fingerprint density at radius 2 is 2.17 bits per heavy atom. The van der Waals surface area contributed by atoms with Crippen molar-refractivity contribution in [1.82, 2.24) is 4.98 Å². The quantitative estimate of drug-likeness (QED) is 0.844. The van der Waals surface area contributed by atoms with Crippen molar-refractivity contribution in [1.29, 1.82) is 0 Å². The third-order valence-electron chi connectivity index (χ3n) is 3.24. The summed E-state index contributed by atoms with van der Waals surface area (Å²) in [5.74, 6) is 1.23. The fourth-order valence-electron chi connectivity index (χ4n) is 2.05. The molecule has 2 rings (SSSR count). The molecule has 1 amide bonds. The van der Waals surface area contributed by atoms with Gasteiger partial charge in [0, 0.05) is 11.9 Å². The average Bonchev–Trinajstić information content (AvgIpc) is 2.51. The lowest BCUT2D eigenvalue weighted by atomic mass is 10.1. The van der Waals surface area contributed by atoms with Gasteiger partial charge in [-0.1, -0.05) is 13.3 Å². The van der Waals surface area contributed by atoms with E-state index in [0.29, 0.717) is 17.9 Å². The molecule has 0 aliphatic heterocycles. The van der Waals surface area contributed by atoms with Gasteiger partial charge in [0.1, 0.15) is 11.5 Å². The molecule has 1 atom stereocenters. The van der Waals surface area contributed by atoms with Crippen molar-refractivity contribution in [3.63, 3.8) is 0 Å². The van der Waals surface area contributed by atoms with Gasteiger partial charge in [0.15, 0.2) is 0 Å². The summed E-state index contributed by atoms with van der Waals surface area (Å²) >= 11 is 0. The van der Waals surface area contributed by atoms with E-state index in [-0.39, 0.29) is 18.3 Å². The maximum atomic E-state index is 11.9. The van der Waals surface area contributed by atoms with Crippen LogP contribution >= 0.6 is 12.4 Å². The van der Waals surface area contributed by atoms with Crippen LogP contribution in [0.3, 0.4) is 0 Å². The number of amides is 1. The second-order valence-electron chi connectivity index (χ2n) is 5.16. The second-order valence-corrected chi connectivity index (χ2v) is 5.16. The Balaban J connectivity index is 0.00000264. The van der Waals surface area contributed by atoms with Crippen molar-refractivity contribution in [2.75, 3.05) is 5.32 Å². The van der Waals surface area contributed by atoms with Gasteiger partial charge in [0.05, 0.1) is 12.2 Å². The van der Waals surface area contributed by atoms with Crippen molar-refractivity contribution in [3.05, 3.63) is 48.3 Å². The second kappa shape index (κ2) is 9.12. The van der Waals surface area contributed by atoms with E-state index in [2.05, 4.69) is 10.3 Å². The number of carbonyl (C=O) groups excluding carboxylic acids is 1. The average molecular weight is 336 g/mol. The molecule has 6 heteroatoms. The molecule has 0 radical (unpaired) electrons. The van der Waals surface area contributed by atoms with Gasteiger partial charge < -0.3 is 15.8 Å². The highest BCUT2D eigenvalue weighted by Gasteiger charge is 2.13. The van der Waals surface area contributed by atoms with Crippen LogP contribution in [0.1, 0.15) is 25.3 Å². The molecule has 0 aliphatic rings. The Morgan fingerprint density at radius 1 is 1.39 bits per heavy atom. The molecule has 0 saturated heterocycles. The lowest BCUT2D eigenvalue weighted by Crippen LogP contribution is -2.35. The highest BCUT2D eigenvalue weighted by molar-refractivity contribution is 5.94. The summed E-state index contributed by atoms with van der Waals surface area (Å²) in [5, 5.41) is 2.83. The van der Waals surface area contributed by atoms with Crippen molar-refractivity contribution in [2.24, 2.45) is 5.73 Å². The summed E-state index contributed by atoms with van der Waals surface area (Å²) in [6, 6.07) is 8.66. The van der Waals surface area contributed by atoms with Gasteiger partial charge in [0.25, 0.3) is 0 Å². The fraction of sp³-hybridized carbons (Fsp3) is 0.294. The zero-order valence-electron chi connectivity index (χ0n) is 13.3. The Hall–Kier alpha value is -2.11. The largest absolute Gasteiger partial charge is 0.455 e. The van der Waals surface area contributed by atoms with Gasteiger partial charge in [-0.15, -0.1) is 12.4 Å². The predicted molar refractivity (Wildman–Crippen MR) is 94.3 cm³/mol. The van der Waals surface area contributed by atoms with Crippen LogP contribution in [0.25, 0.3) is 0 Å². The zero-order chi connectivity index (χ0) is 15.9. The number of halogens is 1. The van der Waals surface area contributed by atoms with E-state index >= 15 is 0 Å². The van der Waals surface area contributed by atoms with Crippen LogP contribution in [-0.4, -0.2) is 16.9 Å². The number of nitrogens with zero attached hydrogens (tertiary/aromatic N) is 1. The maximum absolute atomic E-state index is 11.9. The van der Waals surface area contributed by atoms with E-state index < -0.39 is 6.04 Å². The molecule has 0 aliphatic carbocycles. The minimum atomic E-state index is -0.475. The van der Waals surface area contributed by atoms with Gasteiger partial charge in [-0.3, -0.25) is 9.78 Å². The lowest BCUT2D eigenvalue weighted by Gasteiger charge is -2.13. The van der Waals surface area contributed by atoms with Crippen LogP contribution in [0.5, 0.6) is 11.5 Å². The minimum absolute atomic E-state index is 0. The first kappa shape index (κ1) is 18.9. The molecule has 0 saturated carbocycles. The lowest BCUT2D eigenvalue weighted by molar-refractivity contribution is -0.117. The Labute approximate surface area is 142 Å². The number of hydrogen-bond donors (Lipinski definition) is 2. The van der Waals surface area contributed by atoms with E-state index in [9.17, 15) is 4.79 Å². The highest BCUT2D eigenvalue weighted by atomic mass is 35.5. The Morgan fingerprint density at radius 3 is 2.78 bits per heavy atom. The number of hydrogen-bond acceptors (Lipinski definition) is 4. The minimum Gasteiger partial charge on any atom is -0.455 e. The molecule has 3 N–H and O–H groups in total. The number of aryl methyl sites for hydroxylation is 1. The van der Waals surface area contributed by atoms with Crippen LogP contribution in [0.2, 0.25) is 0 Å². The molecule has 2 aromatic rings. The van der Waals surface area contributed by atoms with Crippen molar-refractivity contribution < 1.29 is 9.53 Å². The number of nitrogens with two attached hydrogens (primary N) is 1. The van der Waals surface area contributed by atoms with Crippen molar-refractivity contribution >= 4 is 24.0 Å². The highest BCUT2D eigenvalue weighted by Crippen LogP contribution is 2.26. The molecule has 0 bridgehead atoms. The molecule has 1 aromatic heterocycles. The third-order valence-corrected chi connectivity index (χ3v) is 3.24. The molecule has 1 unspecified atom stereocenters. The SMILES string of the molecule is CCCC(N)C(=O)Nc1ccc(Oc2cccnc2)c(C)c1.Cl.